The molecule has 2 amide bonds. The Kier molecular flexibility index (Phi) is 4.32. The summed E-state index contributed by atoms with van der Waals surface area (Å²) in [5.74, 6) is -1.19. The van der Waals surface area contributed by atoms with Gasteiger partial charge in [-0.25, -0.2) is 0 Å². The van der Waals surface area contributed by atoms with Gasteiger partial charge in [0.05, 0.1) is 16.0 Å². The summed E-state index contributed by atoms with van der Waals surface area (Å²) < 4.78 is 0.473. The third kappa shape index (κ3) is 2.95. The van der Waals surface area contributed by atoms with Crippen LogP contribution in [0.25, 0.3) is 0 Å². The van der Waals surface area contributed by atoms with Crippen LogP contribution in [-0.2, 0) is 4.79 Å². The number of carbonyl (C=O) groups excluding carboxylic acids is 2. The Balaban J connectivity index is 2.18. The van der Waals surface area contributed by atoms with Gasteiger partial charge in [-0.2, -0.15) is 0 Å². The minimum Gasteiger partial charge on any atom is -0.506 e. The molecular weight excluding hydrogens is 324 g/mol. The van der Waals surface area contributed by atoms with E-state index in [9.17, 15) is 14.7 Å². The van der Waals surface area contributed by atoms with E-state index in [4.69, 9.17) is 5.73 Å². The summed E-state index contributed by atoms with van der Waals surface area (Å²) in [6.45, 7) is 1.84. The van der Waals surface area contributed by atoms with E-state index >= 15 is 0 Å². The van der Waals surface area contributed by atoms with Gasteiger partial charge in [0, 0.05) is 6.04 Å². The molecule has 1 aromatic rings. The number of hydrogen-bond acceptors (Lipinski definition) is 3. The monoisotopic (exact) mass is 340 g/mol. The number of halogens is 1. The molecule has 108 valence electrons. The largest absolute Gasteiger partial charge is 0.506 e. The number of benzene rings is 1. The Morgan fingerprint density at radius 2 is 2.10 bits per heavy atom. The molecule has 1 saturated carbocycles. The third-order valence-electron chi connectivity index (χ3n) is 3.65. The average molecular weight is 341 g/mol. The number of aryl methyl sites for hydroxylation is 1. The number of carbonyl (C=O) groups is 2. The summed E-state index contributed by atoms with van der Waals surface area (Å²) in [4.78, 5) is 23.6. The van der Waals surface area contributed by atoms with E-state index in [0.29, 0.717) is 10.9 Å². The van der Waals surface area contributed by atoms with Gasteiger partial charge in [0.15, 0.2) is 0 Å². The second-order valence-electron chi connectivity index (χ2n) is 5.16. The second kappa shape index (κ2) is 5.83. The third-order valence-corrected chi connectivity index (χ3v) is 4.25. The van der Waals surface area contributed by atoms with Crippen molar-refractivity contribution in [1.29, 1.82) is 0 Å². The van der Waals surface area contributed by atoms with E-state index in [1.54, 1.807) is 12.1 Å². The lowest BCUT2D eigenvalue weighted by molar-refractivity contribution is -0.122. The summed E-state index contributed by atoms with van der Waals surface area (Å²) in [7, 11) is 0. The van der Waals surface area contributed by atoms with Crippen LogP contribution in [0.5, 0.6) is 5.75 Å². The highest BCUT2D eigenvalue weighted by molar-refractivity contribution is 9.10. The first kappa shape index (κ1) is 14.8. The molecule has 2 rings (SSSR count). The predicted octanol–water partition coefficient (Wildman–Crippen LogP) is 1.85. The number of hydrogen-bond donors (Lipinski definition) is 3. The first-order valence-electron chi connectivity index (χ1n) is 6.49. The van der Waals surface area contributed by atoms with Crippen molar-refractivity contribution < 1.29 is 14.7 Å². The quantitative estimate of drug-likeness (QED) is 0.783. The molecule has 0 aromatic heterocycles. The molecule has 20 heavy (non-hydrogen) atoms. The van der Waals surface area contributed by atoms with Gasteiger partial charge in [0.2, 0.25) is 5.91 Å². The van der Waals surface area contributed by atoms with Crippen LogP contribution in [0.2, 0.25) is 0 Å². The number of rotatable bonds is 3. The molecule has 2 atom stereocenters. The molecule has 4 N–H and O–H groups in total. The lowest BCUT2D eigenvalue weighted by atomic mass is 10.0. The molecule has 0 heterocycles. The topological polar surface area (TPSA) is 92.4 Å². The lowest BCUT2D eigenvalue weighted by Gasteiger charge is -2.19. The Morgan fingerprint density at radius 1 is 1.40 bits per heavy atom. The van der Waals surface area contributed by atoms with Crippen LogP contribution in [0, 0.1) is 12.8 Å². The van der Waals surface area contributed by atoms with Gasteiger partial charge < -0.3 is 16.2 Å². The van der Waals surface area contributed by atoms with E-state index < -0.39 is 0 Å². The SMILES string of the molecule is Cc1cc(Br)c(O)c(C(=O)N[C@@H]2CCC[C@@H]2C(N)=O)c1. The van der Waals surface area contributed by atoms with Crippen molar-refractivity contribution in [1.82, 2.24) is 5.32 Å². The van der Waals surface area contributed by atoms with Gasteiger partial charge in [-0.05, 0) is 53.4 Å². The van der Waals surface area contributed by atoms with Crippen LogP contribution in [-0.4, -0.2) is 23.0 Å². The maximum atomic E-state index is 12.3. The lowest BCUT2D eigenvalue weighted by Crippen LogP contribution is -2.42. The number of amides is 2. The average Bonchev–Trinajstić information content (AvgIpc) is 2.81. The van der Waals surface area contributed by atoms with Crippen molar-refractivity contribution in [2.45, 2.75) is 32.2 Å². The highest BCUT2D eigenvalue weighted by Crippen LogP contribution is 2.30. The van der Waals surface area contributed by atoms with Crippen LogP contribution in [0.4, 0.5) is 0 Å². The summed E-state index contributed by atoms with van der Waals surface area (Å²) in [5, 5.41) is 12.7. The standard InChI is InChI=1S/C14H17BrN2O3/c1-7-5-9(12(18)10(15)6-7)14(20)17-11-4-2-3-8(11)13(16)19/h5-6,8,11,18H,2-4H2,1H3,(H2,16,19)(H,17,20)/t8-,11+/m0/s1. The molecule has 0 radical (unpaired) electrons. The Morgan fingerprint density at radius 3 is 2.75 bits per heavy atom. The first-order chi connectivity index (χ1) is 9.40. The minimum absolute atomic E-state index is 0.0956. The molecule has 5 nitrogen and oxygen atoms in total. The Hall–Kier alpha value is -1.56. The number of nitrogens with two attached hydrogens (primary N) is 1. The maximum absolute atomic E-state index is 12.3. The molecule has 0 aliphatic heterocycles. The normalized spacial score (nSPS) is 21.7. The smallest absolute Gasteiger partial charge is 0.255 e. The van der Waals surface area contributed by atoms with Crippen molar-refractivity contribution >= 4 is 27.7 Å². The van der Waals surface area contributed by atoms with Crippen molar-refractivity contribution in [3.05, 3.63) is 27.7 Å². The van der Waals surface area contributed by atoms with Crippen LogP contribution >= 0.6 is 15.9 Å². The zero-order chi connectivity index (χ0) is 14.9. The van der Waals surface area contributed by atoms with Gasteiger partial charge in [-0.3, -0.25) is 9.59 Å². The molecular formula is C14H17BrN2O3. The van der Waals surface area contributed by atoms with Crippen molar-refractivity contribution in [2.75, 3.05) is 0 Å². The fraction of sp³-hybridized carbons (Fsp3) is 0.429. The van der Waals surface area contributed by atoms with E-state index in [-0.39, 0.29) is 35.1 Å². The van der Waals surface area contributed by atoms with Gasteiger partial charge in [-0.15, -0.1) is 0 Å². The molecule has 0 unspecified atom stereocenters. The fourth-order valence-electron chi connectivity index (χ4n) is 2.63. The first-order valence-corrected chi connectivity index (χ1v) is 7.28. The molecule has 1 fully saturated rings. The van der Waals surface area contributed by atoms with Gasteiger partial charge in [0.25, 0.3) is 5.91 Å². The summed E-state index contributed by atoms with van der Waals surface area (Å²) in [6.07, 6.45) is 2.29. The van der Waals surface area contributed by atoms with Crippen LogP contribution < -0.4 is 11.1 Å². The van der Waals surface area contributed by atoms with E-state index in [2.05, 4.69) is 21.2 Å². The molecule has 1 aliphatic rings. The van der Waals surface area contributed by atoms with Crippen LogP contribution in [0.1, 0.15) is 35.2 Å². The van der Waals surface area contributed by atoms with Gasteiger partial charge in [-0.1, -0.05) is 6.42 Å². The number of primary amides is 1. The van der Waals surface area contributed by atoms with Crippen molar-refractivity contribution in [3.63, 3.8) is 0 Å². The van der Waals surface area contributed by atoms with Crippen LogP contribution in [0.3, 0.4) is 0 Å². The molecule has 0 bridgehead atoms. The highest BCUT2D eigenvalue weighted by atomic mass is 79.9. The summed E-state index contributed by atoms with van der Waals surface area (Å²) in [6, 6.07) is 3.09. The van der Waals surface area contributed by atoms with E-state index in [1.807, 2.05) is 6.92 Å². The van der Waals surface area contributed by atoms with Crippen molar-refractivity contribution in [3.8, 4) is 5.75 Å². The molecule has 0 spiro atoms. The Bertz CT molecular complexity index is 560. The Labute approximate surface area is 125 Å². The zero-order valence-electron chi connectivity index (χ0n) is 11.1. The van der Waals surface area contributed by atoms with Crippen molar-refractivity contribution in [2.24, 2.45) is 11.7 Å². The number of nitrogens with one attached hydrogen (secondary N) is 1. The molecule has 1 aromatic carbocycles. The van der Waals surface area contributed by atoms with E-state index in [0.717, 1.165) is 18.4 Å². The fourth-order valence-corrected chi connectivity index (χ4v) is 3.20. The van der Waals surface area contributed by atoms with Gasteiger partial charge in [0.1, 0.15) is 5.75 Å². The van der Waals surface area contributed by atoms with Gasteiger partial charge >= 0.3 is 0 Å². The maximum Gasteiger partial charge on any atom is 0.255 e. The highest BCUT2D eigenvalue weighted by Gasteiger charge is 2.33. The van der Waals surface area contributed by atoms with Crippen LogP contribution in [0.15, 0.2) is 16.6 Å². The van der Waals surface area contributed by atoms with E-state index in [1.165, 1.54) is 0 Å². The summed E-state index contributed by atoms with van der Waals surface area (Å²) in [5.41, 5.74) is 6.39. The minimum atomic E-state index is -0.387. The number of phenolic OH excluding ortho intramolecular Hbond substituents is 1. The number of aromatic hydroxyl groups is 1. The second-order valence-corrected chi connectivity index (χ2v) is 6.02. The molecule has 1 aliphatic carbocycles. The summed E-state index contributed by atoms with van der Waals surface area (Å²) >= 11 is 3.21. The molecule has 0 saturated heterocycles. The predicted molar refractivity (Wildman–Crippen MR) is 78.3 cm³/mol. The molecule has 6 heteroatoms. The number of phenols is 1. The zero-order valence-corrected chi connectivity index (χ0v) is 12.7.